The van der Waals surface area contributed by atoms with Crippen LogP contribution in [0.1, 0.15) is 12.6 Å². The molecule has 1 aromatic carbocycles. The molecule has 3 N–H and O–H groups in total. The number of rotatable bonds is 7. The second kappa shape index (κ2) is 9.20. The molecular formula is C15H16ClN5O4S. The van der Waals surface area contributed by atoms with E-state index in [0.717, 1.165) is 16.4 Å². The van der Waals surface area contributed by atoms with Crippen molar-refractivity contribution >= 4 is 40.9 Å². The van der Waals surface area contributed by atoms with Gasteiger partial charge >= 0.3 is 5.97 Å². The molecule has 26 heavy (non-hydrogen) atoms. The molecule has 0 unspecified atom stereocenters. The Hall–Kier alpha value is -2.59. The summed E-state index contributed by atoms with van der Waals surface area (Å²) in [5.74, 6) is 4.72. The lowest BCUT2D eigenvalue weighted by Crippen LogP contribution is -2.35. The Morgan fingerprint density at radius 3 is 2.65 bits per heavy atom. The molecule has 9 nitrogen and oxygen atoms in total. The van der Waals surface area contributed by atoms with Crippen LogP contribution in [-0.4, -0.2) is 39.1 Å². The van der Waals surface area contributed by atoms with Gasteiger partial charge in [0.05, 0.1) is 18.8 Å². The summed E-state index contributed by atoms with van der Waals surface area (Å²) < 4.78 is 5.50. The summed E-state index contributed by atoms with van der Waals surface area (Å²) in [4.78, 5) is 35.5. The normalized spacial score (nSPS) is 10.4. The highest BCUT2D eigenvalue weighted by atomic mass is 35.5. The van der Waals surface area contributed by atoms with Crippen molar-refractivity contribution in [1.82, 2.24) is 14.9 Å². The first-order chi connectivity index (χ1) is 12.4. The molecule has 0 saturated heterocycles. The third kappa shape index (κ3) is 5.46. The highest BCUT2D eigenvalue weighted by Crippen LogP contribution is 2.15. The molecule has 0 aliphatic rings. The first kappa shape index (κ1) is 19.7. The van der Waals surface area contributed by atoms with Crippen LogP contribution in [0.3, 0.4) is 0 Å². The van der Waals surface area contributed by atoms with Crippen LogP contribution in [0.2, 0.25) is 5.02 Å². The summed E-state index contributed by atoms with van der Waals surface area (Å²) in [6.07, 6.45) is -0.321. The lowest BCUT2D eigenvalue weighted by atomic mass is 10.3. The van der Waals surface area contributed by atoms with Crippen molar-refractivity contribution in [3.63, 3.8) is 0 Å². The molecule has 0 bridgehead atoms. The van der Waals surface area contributed by atoms with Crippen molar-refractivity contribution in [3.8, 4) is 0 Å². The van der Waals surface area contributed by atoms with Crippen LogP contribution in [0.4, 0.5) is 5.69 Å². The zero-order valence-corrected chi connectivity index (χ0v) is 15.3. The number of carbonyl (C=O) groups excluding carboxylic acids is 2. The van der Waals surface area contributed by atoms with E-state index in [2.05, 4.69) is 15.5 Å². The highest BCUT2D eigenvalue weighted by molar-refractivity contribution is 7.99. The number of nitrogens with one attached hydrogen (secondary N) is 1. The van der Waals surface area contributed by atoms with E-state index in [1.165, 1.54) is 0 Å². The van der Waals surface area contributed by atoms with E-state index in [9.17, 15) is 14.4 Å². The Kier molecular flexibility index (Phi) is 6.98. The van der Waals surface area contributed by atoms with Crippen molar-refractivity contribution in [2.75, 3.05) is 23.5 Å². The molecule has 1 amide bonds. The number of nitrogens with two attached hydrogens (primary N) is 1. The van der Waals surface area contributed by atoms with Gasteiger partial charge in [-0.1, -0.05) is 23.4 Å². The third-order valence-corrected chi connectivity index (χ3v) is 4.20. The second-order valence-electron chi connectivity index (χ2n) is 4.93. The van der Waals surface area contributed by atoms with Crippen molar-refractivity contribution in [3.05, 3.63) is 45.3 Å². The van der Waals surface area contributed by atoms with Gasteiger partial charge in [-0.25, -0.2) is 0 Å². The Bertz CT molecular complexity index is 856. The Labute approximate surface area is 157 Å². The maximum Gasteiger partial charge on any atom is 0.312 e. The fraction of sp³-hybridized carbons (Fsp3) is 0.267. The number of aromatic nitrogens is 3. The van der Waals surface area contributed by atoms with Crippen LogP contribution in [-0.2, 0) is 20.7 Å². The first-order valence-electron chi connectivity index (χ1n) is 7.48. The monoisotopic (exact) mass is 397 g/mol. The number of carbonyl (C=O) groups is 2. The Morgan fingerprint density at radius 2 is 2.00 bits per heavy atom. The number of thioether (sulfide) groups is 1. The zero-order valence-electron chi connectivity index (χ0n) is 13.8. The molecule has 0 spiro atoms. The molecule has 0 atom stereocenters. The van der Waals surface area contributed by atoms with Gasteiger partial charge in [-0.2, -0.15) is 4.68 Å². The second-order valence-corrected chi connectivity index (χ2v) is 6.31. The SMILES string of the molecule is CCOC(=O)Cc1nnc(SCC(=O)Nc2ccc(Cl)cc2)n(N)c1=O. The largest absolute Gasteiger partial charge is 0.466 e. The summed E-state index contributed by atoms with van der Waals surface area (Å²) in [5, 5.41) is 10.8. The maximum atomic E-state index is 12.1. The highest BCUT2D eigenvalue weighted by Gasteiger charge is 2.15. The summed E-state index contributed by atoms with van der Waals surface area (Å²) in [6, 6.07) is 6.62. The van der Waals surface area contributed by atoms with Gasteiger partial charge in [0.1, 0.15) is 5.69 Å². The summed E-state index contributed by atoms with van der Waals surface area (Å²) in [5.41, 5.74) is -0.212. The standard InChI is InChI=1S/C15H16ClN5O4S/c1-2-25-13(23)7-11-14(24)21(17)15(20-19-11)26-8-12(22)18-10-5-3-9(16)4-6-10/h3-6H,2,7-8,17H2,1H3,(H,18,22). The van der Waals surface area contributed by atoms with E-state index in [1.54, 1.807) is 31.2 Å². The third-order valence-electron chi connectivity index (χ3n) is 3.01. The quantitative estimate of drug-likeness (QED) is 0.399. The number of halogens is 1. The van der Waals surface area contributed by atoms with Crippen molar-refractivity contribution in [2.45, 2.75) is 18.5 Å². The first-order valence-corrected chi connectivity index (χ1v) is 8.84. The van der Waals surface area contributed by atoms with Crippen molar-refractivity contribution in [2.24, 2.45) is 0 Å². The van der Waals surface area contributed by atoms with Gasteiger partial charge < -0.3 is 15.9 Å². The number of anilines is 1. The average molecular weight is 398 g/mol. The van der Waals surface area contributed by atoms with Crippen LogP contribution in [0.25, 0.3) is 0 Å². The maximum absolute atomic E-state index is 12.1. The molecule has 138 valence electrons. The fourth-order valence-corrected chi connectivity index (χ4v) is 2.62. The summed E-state index contributed by atoms with van der Waals surface area (Å²) in [7, 11) is 0. The fourth-order valence-electron chi connectivity index (χ4n) is 1.84. The minimum Gasteiger partial charge on any atom is -0.466 e. The summed E-state index contributed by atoms with van der Waals surface area (Å²) >= 11 is 6.72. The molecule has 0 radical (unpaired) electrons. The molecule has 0 aliphatic heterocycles. The molecule has 2 rings (SSSR count). The van der Waals surface area contributed by atoms with E-state index in [0.29, 0.717) is 10.7 Å². The van der Waals surface area contributed by atoms with Crippen LogP contribution in [0.5, 0.6) is 0 Å². The number of benzene rings is 1. The Morgan fingerprint density at radius 1 is 1.31 bits per heavy atom. The number of nitrogen functional groups attached to an aromatic ring is 1. The van der Waals surface area contributed by atoms with Crippen LogP contribution >= 0.6 is 23.4 Å². The molecule has 0 aliphatic carbocycles. The predicted octanol–water partition coefficient (Wildman–Crippen LogP) is 0.842. The predicted molar refractivity (Wildman–Crippen MR) is 97.6 cm³/mol. The Balaban J connectivity index is 1.98. The van der Waals surface area contributed by atoms with E-state index in [1.807, 2.05) is 0 Å². The van der Waals surface area contributed by atoms with Gasteiger partial charge in [0, 0.05) is 10.7 Å². The van der Waals surface area contributed by atoms with E-state index in [-0.39, 0.29) is 35.5 Å². The van der Waals surface area contributed by atoms with Gasteiger partial charge in [-0.05, 0) is 31.2 Å². The minimum absolute atomic E-state index is 0.0365. The molecule has 1 heterocycles. The van der Waals surface area contributed by atoms with E-state index < -0.39 is 11.5 Å². The molecule has 1 aromatic heterocycles. The van der Waals surface area contributed by atoms with Gasteiger partial charge in [-0.3, -0.25) is 14.4 Å². The molecular weight excluding hydrogens is 382 g/mol. The number of nitrogens with zero attached hydrogens (tertiary/aromatic N) is 3. The average Bonchev–Trinajstić information content (AvgIpc) is 2.60. The molecule has 0 saturated carbocycles. The topological polar surface area (TPSA) is 129 Å². The van der Waals surface area contributed by atoms with Crippen molar-refractivity contribution in [1.29, 1.82) is 0 Å². The zero-order chi connectivity index (χ0) is 19.1. The van der Waals surface area contributed by atoms with E-state index in [4.69, 9.17) is 22.2 Å². The lowest BCUT2D eigenvalue weighted by Gasteiger charge is -2.08. The van der Waals surface area contributed by atoms with Gasteiger partial charge in [-0.15, -0.1) is 10.2 Å². The van der Waals surface area contributed by atoms with Gasteiger partial charge in [0.25, 0.3) is 5.56 Å². The van der Waals surface area contributed by atoms with Gasteiger partial charge in [0.15, 0.2) is 0 Å². The summed E-state index contributed by atoms with van der Waals surface area (Å²) in [6.45, 7) is 1.85. The van der Waals surface area contributed by atoms with Gasteiger partial charge in [0.2, 0.25) is 11.1 Å². The molecule has 0 fully saturated rings. The number of ether oxygens (including phenoxy) is 1. The smallest absolute Gasteiger partial charge is 0.312 e. The lowest BCUT2D eigenvalue weighted by molar-refractivity contribution is -0.142. The minimum atomic E-state index is -0.673. The number of hydrogen-bond acceptors (Lipinski definition) is 8. The number of amides is 1. The number of hydrogen-bond donors (Lipinski definition) is 2. The molecule has 11 heteroatoms. The van der Waals surface area contributed by atoms with Crippen molar-refractivity contribution < 1.29 is 14.3 Å². The number of esters is 1. The van der Waals surface area contributed by atoms with Crippen LogP contribution in [0, 0.1) is 0 Å². The molecule has 2 aromatic rings. The van der Waals surface area contributed by atoms with Crippen LogP contribution < -0.4 is 16.7 Å². The van der Waals surface area contributed by atoms with Crippen LogP contribution in [0.15, 0.2) is 34.2 Å². The van der Waals surface area contributed by atoms with E-state index >= 15 is 0 Å².